The summed E-state index contributed by atoms with van der Waals surface area (Å²) in [6.07, 6.45) is 23.2. The highest BCUT2D eigenvalue weighted by molar-refractivity contribution is 4.96. The summed E-state index contributed by atoms with van der Waals surface area (Å²) in [6.45, 7) is 8.51. The molecule has 0 aromatic rings. The molecule has 0 nitrogen and oxygen atoms in total. The van der Waals surface area contributed by atoms with Crippen LogP contribution in [0.5, 0.6) is 0 Å². The number of hydrogen-bond acceptors (Lipinski definition) is 0. The van der Waals surface area contributed by atoms with E-state index in [1.165, 1.54) is 77.0 Å². The summed E-state index contributed by atoms with van der Waals surface area (Å²) in [7, 11) is 0. The van der Waals surface area contributed by atoms with E-state index in [0.29, 0.717) is 5.92 Å². The molecule has 1 unspecified atom stereocenters. The van der Waals surface area contributed by atoms with Crippen molar-refractivity contribution in [2.75, 3.05) is 0 Å². The maximum Gasteiger partial charge on any atom is -0.00562 e. The van der Waals surface area contributed by atoms with Gasteiger partial charge in [-0.25, -0.2) is 0 Å². The van der Waals surface area contributed by atoms with Crippen molar-refractivity contribution in [3.05, 3.63) is 24.8 Å². The van der Waals surface area contributed by atoms with Crippen LogP contribution in [0.4, 0.5) is 0 Å². The Kier molecular flexibility index (Phi) is 15.1. The topological polar surface area (TPSA) is 0 Å². The fraction of sp³-hybridized carbons (Fsp3) is 0.789. The third kappa shape index (κ3) is 13.7. The van der Waals surface area contributed by atoms with Gasteiger partial charge in [0.2, 0.25) is 0 Å². The Bertz CT molecular complexity index is 202. The third-order valence-electron chi connectivity index (χ3n) is 3.80. The van der Waals surface area contributed by atoms with Crippen LogP contribution in [-0.4, -0.2) is 0 Å². The summed E-state index contributed by atoms with van der Waals surface area (Å²) in [5.41, 5.74) is 0. The van der Waals surface area contributed by atoms with E-state index in [2.05, 4.69) is 38.7 Å². The minimum atomic E-state index is 0.609. The number of allylic oxidation sites excluding steroid dienone is 3. The van der Waals surface area contributed by atoms with Crippen molar-refractivity contribution < 1.29 is 0 Å². The molecular weight excluding hydrogens is 228 g/mol. The highest BCUT2D eigenvalue weighted by atomic mass is 14.0. The molecule has 0 saturated carbocycles. The normalized spacial score (nSPS) is 12.9. The van der Waals surface area contributed by atoms with Crippen LogP contribution in [0, 0.1) is 5.92 Å². The van der Waals surface area contributed by atoms with Crippen LogP contribution >= 0.6 is 0 Å². The van der Waals surface area contributed by atoms with Crippen molar-refractivity contribution in [3.63, 3.8) is 0 Å². The van der Waals surface area contributed by atoms with Crippen molar-refractivity contribution in [3.8, 4) is 0 Å². The Morgan fingerprint density at radius 1 is 0.789 bits per heavy atom. The number of hydrogen-bond donors (Lipinski definition) is 0. The Morgan fingerprint density at radius 2 is 1.37 bits per heavy atom. The average Bonchev–Trinajstić information content (AvgIpc) is 2.44. The van der Waals surface area contributed by atoms with Crippen LogP contribution in [0.25, 0.3) is 0 Å². The molecule has 112 valence electrons. The first kappa shape index (κ1) is 18.5. The van der Waals surface area contributed by atoms with E-state index in [0.717, 1.165) is 0 Å². The van der Waals surface area contributed by atoms with Gasteiger partial charge < -0.3 is 0 Å². The van der Waals surface area contributed by atoms with Gasteiger partial charge in [-0.05, 0) is 25.2 Å². The van der Waals surface area contributed by atoms with Crippen molar-refractivity contribution in [2.24, 2.45) is 5.92 Å². The molecule has 0 aliphatic rings. The molecule has 0 aromatic carbocycles. The molecule has 0 heteroatoms. The smallest absolute Gasteiger partial charge is 0.00562 e. The van der Waals surface area contributed by atoms with Gasteiger partial charge in [-0.15, -0.1) is 6.58 Å². The number of unbranched alkanes of at least 4 members (excludes halogenated alkanes) is 9. The zero-order valence-corrected chi connectivity index (χ0v) is 13.5. The third-order valence-corrected chi connectivity index (χ3v) is 3.80. The van der Waals surface area contributed by atoms with Crippen LogP contribution < -0.4 is 0 Å². The zero-order chi connectivity index (χ0) is 14.2. The van der Waals surface area contributed by atoms with Crippen LogP contribution in [0.3, 0.4) is 0 Å². The van der Waals surface area contributed by atoms with E-state index in [1.54, 1.807) is 0 Å². The van der Waals surface area contributed by atoms with Crippen LogP contribution in [0.15, 0.2) is 24.8 Å². The Labute approximate surface area is 122 Å². The predicted molar refractivity (Wildman–Crippen MR) is 89.6 cm³/mol. The van der Waals surface area contributed by atoms with Gasteiger partial charge in [0.25, 0.3) is 0 Å². The van der Waals surface area contributed by atoms with Crippen molar-refractivity contribution in [1.29, 1.82) is 0 Å². The molecule has 0 amide bonds. The summed E-state index contributed by atoms with van der Waals surface area (Å²) >= 11 is 0. The molecule has 19 heavy (non-hydrogen) atoms. The lowest BCUT2D eigenvalue weighted by Crippen LogP contribution is -1.91. The van der Waals surface area contributed by atoms with Gasteiger partial charge in [-0.2, -0.15) is 0 Å². The maximum absolute atomic E-state index is 3.96. The standard InChI is InChI=1S/C19H36/c1-4-7-9-11-12-14-16-18-19(6-3)17-15-13-10-8-5-2/h6,16,18-19H,3-5,7-15,17H2,1-2H3. The molecule has 1 atom stereocenters. The Morgan fingerprint density at radius 3 is 1.95 bits per heavy atom. The lowest BCUT2D eigenvalue weighted by molar-refractivity contribution is 0.574. The molecule has 0 saturated heterocycles. The molecule has 0 aromatic heterocycles. The fourth-order valence-electron chi connectivity index (χ4n) is 2.41. The van der Waals surface area contributed by atoms with Gasteiger partial charge in [-0.3, -0.25) is 0 Å². The Balaban J connectivity index is 3.48. The van der Waals surface area contributed by atoms with E-state index < -0.39 is 0 Å². The second-order valence-electron chi connectivity index (χ2n) is 5.73. The summed E-state index contributed by atoms with van der Waals surface area (Å²) in [5.74, 6) is 0.609. The molecule has 0 N–H and O–H groups in total. The van der Waals surface area contributed by atoms with Crippen LogP contribution in [0.2, 0.25) is 0 Å². The lowest BCUT2D eigenvalue weighted by atomic mass is 9.99. The van der Waals surface area contributed by atoms with Gasteiger partial charge in [-0.1, -0.05) is 89.9 Å². The van der Waals surface area contributed by atoms with Crippen molar-refractivity contribution >= 4 is 0 Å². The second-order valence-corrected chi connectivity index (χ2v) is 5.73. The summed E-state index contributed by atoms with van der Waals surface area (Å²) in [4.78, 5) is 0. The minimum absolute atomic E-state index is 0.609. The minimum Gasteiger partial charge on any atom is -0.102 e. The summed E-state index contributed by atoms with van der Waals surface area (Å²) < 4.78 is 0. The van der Waals surface area contributed by atoms with E-state index in [4.69, 9.17) is 0 Å². The molecular formula is C19H36. The largest absolute Gasteiger partial charge is 0.102 e. The number of rotatable bonds is 14. The maximum atomic E-state index is 3.96. The molecule has 0 fully saturated rings. The Hall–Kier alpha value is -0.520. The highest BCUT2D eigenvalue weighted by Gasteiger charge is 1.99. The quantitative estimate of drug-likeness (QED) is 0.232. The molecule has 0 aliphatic carbocycles. The van der Waals surface area contributed by atoms with Gasteiger partial charge in [0.05, 0.1) is 0 Å². The molecule has 0 rings (SSSR count). The van der Waals surface area contributed by atoms with Crippen molar-refractivity contribution in [1.82, 2.24) is 0 Å². The van der Waals surface area contributed by atoms with E-state index in [9.17, 15) is 0 Å². The van der Waals surface area contributed by atoms with E-state index in [-0.39, 0.29) is 0 Å². The molecule has 0 aliphatic heterocycles. The monoisotopic (exact) mass is 264 g/mol. The van der Waals surface area contributed by atoms with E-state index >= 15 is 0 Å². The molecule has 0 spiro atoms. The lowest BCUT2D eigenvalue weighted by Gasteiger charge is -2.07. The van der Waals surface area contributed by atoms with Gasteiger partial charge >= 0.3 is 0 Å². The second kappa shape index (κ2) is 15.5. The fourth-order valence-corrected chi connectivity index (χ4v) is 2.41. The zero-order valence-electron chi connectivity index (χ0n) is 13.5. The molecule has 0 bridgehead atoms. The molecule has 0 radical (unpaired) electrons. The average molecular weight is 264 g/mol. The van der Waals surface area contributed by atoms with Crippen molar-refractivity contribution in [2.45, 2.75) is 90.9 Å². The van der Waals surface area contributed by atoms with Gasteiger partial charge in [0.15, 0.2) is 0 Å². The van der Waals surface area contributed by atoms with Gasteiger partial charge in [0, 0.05) is 0 Å². The predicted octanol–water partition coefficient (Wildman–Crippen LogP) is 7.07. The highest BCUT2D eigenvalue weighted by Crippen LogP contribution is 2.15. The van der Waals surface area contributed by atoms with Crippen LogP contribution in [0.1, 0.15) is 90.9 Å². The first-order valence-corrected chi connectivity index (χ1v) is 8.64. The first-order chi connectivity index (χ1) is 9.35. The molecule has 0 heterocycles. The van der Waals surface area contributed by atoms with Gasteiger partial charge in [0.1, 0.15) is 0 Å². The summed E-state index contributed by atoms with van der Waals surface area (Å²) in [5, 5.41) is 0. The summed E-state index contributed by atoms with van der Waals surface area (Å²) in [6, 6.07) is 0. The van der Waals surface area contributed by atoms with Crippen LogP contribution in [-0.2, 0) is 0 Å². The van der Waals surface area contributed by atoms with E-state index in [1.807, 2.05) is 0 Å². The SMILES string of the molecule is C=CC(C=CCCCCCCC)CCCCCCC. The first-order valence-electron chi connectivity index (χ1n) is 8.64.